The number of nitrogen functional groups attached to an aromatic ring is 1. The Balaban J connectivity index is 0.000000671. The molecule has 7 heteroatoms. The van der Waals surface area contributed by atoms with Gasteiger partial charge in [0.2, 0.25) is 5.95 Å². The zero-order valence-electron chi connectivity index (χ0n) is 7.55. The molecule has 0 fully saturated rings. The van der Waals surface area contributed by atoms with Crippen LogP contribution in [0.5, 0.6) is 0 Å². The summed E-state index contributed by atoms with van der Waals surface area (Å²) in [5.74, 6) is -0.912. The monoisotopic (exact) mass is 196 g/mol. The lowest BCUT2D eigenvalue weighted by molar-refractivity contribution is -0.203. The minimum absolute atomic E-state index is 0.0903. The van der Waals surface area contributed by atoms with Crippen LogP contribution in [0.15, 0.2) is 0 Å². The molecule has 0 aliphatic carbocycles. The first-order chi connectivity index (χ1) is 5.93. The Bertz CT molecular complexity index is 246. The normalized spacial score (nSPS) is 10.6. The molecule has 13 heavy (non-hydrogen) atoms. The van der Waals surface area contributed by atoms with Gasteiger partial charge < -0.3 is 5.73 Å². The predicted octanol–water partition coefficient (Wildman–Crippen LogP) is 1.67. The van der Waals surface area contributed by atoms with Gasteiger partial charge in [-0.2, -0.15) is 0 Å². The molecule has 0 saturated carbocycles. The lowest BCUT2D eigenvalue weighted by Gasteiger charge is -2.08. The van der Waals surface area contributed by atoms with E-state index in [1.54, 1.807) is 0 Å². The number of halogens is 3. The Labute approximate surface area is 73.6 Å². The van der Waals surface area contributed by atoms with Crippen molar-refractivity contribution in [2.24, 2.45) is 0 Å². The van der Waals surface area contributed by atoms with Crippen molar-refractivity contribution in [3.63, 3.8) is 0 Å². The van der Waals surface area contributed by atoms with Gasteiger partial charge in [-0.25, -0.2) is 4.57 Å². The summed E-state index contributed by atoms with van der Waals surface area (Å²) in [6, 6.07) is 0. The van der Waals surface area contributed by atoms with Crippen LogP contribution in [0.2, 0.25) is 0 Å². The second-order valence-electron chi connectivity index (χ2n) is 1.91. The van der Waals surface area contributed by atoms with Crippen molar-refractivity contribution in [2.45, 2.75) is 27.1 Å². The fraction of sp³-hybridized carbons (Fsp3) is 0.667. The van der Waals surface area contributed by atoms with Crippen molar-refractivity contribution >= 4 is 5.95 Å². The van der Waals surface area contributed by atoms with E-state index in [0.717, 1.165) is 0 Å². The molecule has 1 aromatic heterocycles. The molecule has 76 valence electrons. The highest BCUT2D eigenvalue weighted by atomic mass is 19.4. The summed E-state index contributed by atoms with van der Waals surface area (Å²) >= 11 is 0. The van der Waals surface area contributed by atoms with Crippen LogP contribution in [0.3, 0.4) is 0 Å². The average molecular weight is 196 g/mol. The number of aryl methyl sites for hydroxylation is 1. The average Bonchev–Trinajstić information content (AvgIpc) is 2.33. The van der Waals surface area contributed by atoms with Crippen LogP contribution in [0.25, 0.3) is 0 Å². The zero-order chi connectivity index (χ0) is 10.6. The van der Waals surface area contributed by atoms with Gasteiger partial charge in [0.15, 0.2) is 0 Å². The quantitative estimate of drug-likeness (QED) is 0.686. The number of anilines is 1. The first kappa shape index (κ1) is 11.7. The van der Waals surface area contributed by atoms with Gasteiger partial charge in [0, 0.05) is 0 Å². The first-order valence-corrected chi connectivity index (χ1v) is 3.67. The van der Waals surface area contributed by atoms with Crippen LogP contribution < -0.4 is 5.73 Å². The summed E-state index contributed by atoms with van der Waals surface area (Å²) in [4.78, 5) is 0. The van der Waals surface area contributed by atoms with Gasteiger partial charge in [-0.3, -0.25) is 0 Å². The number of aromatic nitrogens is 3. The molecule has 1 aromatic rings. The van der Waals surface area contributed by atoms with E-state index in [9.17, 15) is 13.2 Å². The van der Waals surface area contributed by atoms with Crippen molar-refractivity contribution in [1.29, 1.82) is 0 Å². The van der Waals surface area contributed by atoms with Crippen molar-refractivity contribution in [3.05, 3.63) is 5.82 Å². The maximum Gasteiger partial charge on any atom is 0.492 e. The first-order valence-electron chi connectivity index (χ1n) is 3.67. The van der Waals surface area contributed by atoms with Crippen molar-refractivity contribution < 1.29 is 13.2 Å². The second kappa shape index (κ2) is 4.11. The zero-order valence-corrected chi connectivity index (χ0v) is 7.55. The molecule has 0 spiro atoms. The lowest BCUT2D eigenvalue weighted by atomic mass is 10.7. The van der Waals surface area contributed by atoms with Gasteiger partial charge in [-0.15, -0.1) is 23.4 Å². The summed E-state index contributed by atoms with van der Waals surface area (Å²) < 4.78 is 35.7. The highest BCUT2D eigenvalue weighted by Crippen LogP contribution is 2.25. The van der Waals surface area contributed by atoms with Gasteiger partial charge in [0.25, 0.3) is 0 Å². The standard InChI is InChI=1S/C4H5F3N4.C2H6/c1-2-9-10-3(8)11(2)4(5,6)7;1-2/h1H3,(H2,8,10);1-2H3. The molecular formula is C6H11F3N4. The van der Waals surface area contributed by atoms with E-state index < -0.39 is 12.2 Å². The van der Waals surface area contributed by atoms with E-state index in [0.29, 0.717) is 0 Å². The number of rotatable bonds is 0. The van der Waals surface area contributed by atoms with E-state index >= 15 is 0 Å². The van der Waals surface area contributed by atoms with Crippen molar-refractivity contribution in [1.82, 2.24) is 14.8 Å². The maximum absolute atomic E-state index is 11.9. The van der Waals surface area contributed by atoms with Crippen LogP contribution in [-0.2, 0) is 6.30 Å². The molecule has 4 nitrogen and oxygen atoms in total. The summed E-state index contributed by atoms with van der Waals surface area (Å²) in [5.41, 5.74) is 4.90. The Hall–Kier alpha value is -1.27. The van der Waals surface area contributed by atoms with Crippen LogP contribution in [-0.4, -0.2) is 14.8 Å². The third kappa shape index (κ3) is 2.60. The predicted molar refractivity (Wildman–Crippen MR) is 41.8 cm³/mol. The van der Waals surface area contributed by atoms with Crippen LogP contribution in [0.1, 0.15) is 19.7 Å². The van der Waals surface area contributed by atoms with Gasteiger partial charge >= 0.3 is 6.30 Å². The minimum atomic E-state index is -4.53. The van der Waals surface area contributed by atoms with Crippen LogP contribution in [0, 0.1) is 6.92 Å². The minimum Gasteiger partial charge on any atom is -0.368 e. The third-order valence-corrected chi connectivity index (χ3v) is 1.10. The Kier molecular flexibility index (Phi) is 3.70. The maximum atomic E-state index is 11.9. The van der Waals surface area contributed by atoms with E-state index in [1.807, 2.05) is 13.8 Å². The van der Waals surface area contributed by atoms with Gasteiger partial charge in [0.1, 0.15) is 5.82 Å². The van der Waals surface area contributed by atoms with Gasteiger partial charge in [-0.1, -0.05) is 13.8 Å². The summed E-state index contributed by atoms with van der Waals surface area (Å²) in [5, 5.41) is 6.20. The fourth-order valence-corrected chi connectivity index (χ4v) is 0.692. The van der Waals surface area contributed by atoms with E-state index in [2.05, 4.69) is 10.2 Å². The number of hydrogen-bond donors (Lipinski definition) is 1. The highest BCUT2D eigenvalue weighted by molar-refractivity contribution is 5.17. The molecule has 0 amide bonds. The molecule has 0 aliphatic rings. The molecular weight excluding hydrogens is 185 g/mol. The highest BCUT2D eigenvalue weighted by Gasteiger charge is 2.34. The number of alkyl halides is 3. The Morgan fingerprint density at radius 2 is 1.69 bits per heavy atom. The number of nitrogens with zero attached hydrogens (tertiary/aromatic N) is 3. The largest absolute Gasteiger partial charge is 0.492 e. The topological polar surface area (TPSA) is 56.7 Å². The summed E-state index contributed by atoms with van der Waals surface area (Å²) in [6.45, 7) is 5.18. The van der Waals surface area contributed by atoms with Crippen LogP contribution >= 0.6 is 0 Å². The lowest BCUT2D eigenvalue weighted by Crippen LogP contribution is -2.20. The Morgan fingerprint density at radius 3 is 1.85 bits per heavy atom. The Morgan fingerprint density at radius 1 is 1.23 bits per heavy atom. The molecule has 0 radical (unpaired) electrons. The van der Waals surface area contributed by atoms with Gasteiger partial charge in [0.05, 0.1) is 0 Å². The van der Waals surface area contributed by atoms with E-state index in [4.69, 9.17) is 5.73 Å². The van der Waals surface area contributed by atoms with E-state index in [-0.39, 0.29) is 10.4 Å². The second-order valence-corrected chi connectivity index (χ2v) is 1.91. The molecule has 0 aliphatic heterocycles. The third-order valence-electron chi connectivity index (χ3n) is 1.10. The summed E-state index contributed by atoms with van der Waals surface area (Å²) in [7, 11) is 0. The molecule has 0 aromatic carbocycles. The van der Waals surface area contributed by atoms with E-state index in [1.165, 1.54) is 6.92 Å². The smallest absolute Gasteiger partial charge is 0.368 e. The SMILES string of the molecule is CC.Cc1nnc(N)n1C(F)(F)F. The molecule has 0 unspecified atom stereocenters. The molecule has 1 rings (SSSR count). The molecule has 0 bridgehead atoms. The molecule has 0 saturated heterocycles. The van der Waals surface area contributed by atoms with Gasteiger partial charge in [-0.05, 0) is 6.92 Å². The molecule has 1 heterocycles. The van der Waals surface area contributed by atoms with Crippen molar-refractivity contribution in [3.8, 4) is 0 Å². The molecule has 2 N–H and O–H groups in total. The van der Waals surface area contributed by atoms with Crippen LogP contribution in [0.4, 0.5) is 19.1 Å². The van der Waals surface area contributed by atoms with Crippen molar-refractivity contribution in [2.75, 3.05) is 5.73 Å². The summed E-state index contributed by atoms with van der Waals surface area (Å²) in [6.07, 6.45) is -4.53. The number of hydrogen-bond acceptors (Lipinski definition) is 3. The number of nitrogens with two attached hydrogens (primary N) is 1. The molecule has 0 atom stereocenters. The fourth-order valence-electron chi connectivity index (χ4n) is 0.692.